The smallest absolute Gasteiger partial charge is 0.315 e. The number of rotatable bonds is 6. The summed E-state index contributed by atoms with van der Waals surface area (Å²) < 4.78 is 0. The lowest BCUT2D eigenvalue weighted by Gasteiger charge is -2.27. The highest BCUT2D eigenvalue weighted by Crippen LogP contribution is 2.24. The van der Waals surface area contributed by atoms with E-state index in [2.05, 4.69) is 16.0 Å². The number of hydrogen-bond acceptors (Lipinski definition) is 3. The molecule has 0 heterocycles. The molecule has 0 aliphatic heterocycles. The Morgan fingerprint density at radius 1 is 1.29 bits per heavy atom. The van der Waals surface area contributed by atoms with Crippen LogP contribution >= 0.6 is 0 Å². The van der Waals surface area contributed by atoms with Crippen LogP contribution in [0.3, 0.4) is 0 Å². The summed E-state index contributed by atoms with van der Waals surface area (Å²) in [7, 11) is 0. The molecule has 0 aromatic carbocycles. The van der Waals surface area contributed by atoms with Gasteiger partial charge in [-0.1, -0.05) is 13.3 Å². The molecule has 0 aromatic rings. The van der Waals surface area contributed by atoms with Crippen molar-refractivity contribution >= 4 is 17.9 Å². The van der Waals surface area contributed by atoms with E-state index < -0.39 is 24.0 Å². The van der Waals surface area contributed by atoms with Gasteiger partial charge in [0.05, 0.1) is 5.92 Å². The van der Waals surface area contributed by atoms with E-state index in [1.54, 1.807) is 6.92 Å². The van der Waals surface area contributed by atoms with E-state index in [-0.39, 0.29) is 11.9 Å². The number of carboxylic acid groups (broad SMARTS) is 1. The number of hydrogen-bond donors (Lipinski definition) is 4. The minimum Gasteiger partial charge on any atom is -0.481 e. The largest absolute Gasteiger partial charge is 0.481 e. The monoisotopic (exact) mass is 299 g/mol. The highest BCUT2D eigenvalue weighted by atomic mass is 16.4. The number of carbonyl (C=O) groups is 3. The lowest BCUT2D eigenvalue weighted by molar-refractivity contribution is -0.143. The fourth-order valence-electron chi connectivity index (χ4n) is 2.44. The van der Waals surface area contributed by atoms with E-state index in [9.17, 15) is 14.4 Å². The van der Waals surface area contributed by atoms with Crippen LogP contribution in [0, 0.1) is 5.92 Å². The lowest BCUT2D eigenvalue weighted by atomic mass is 9.86. The summed E-state index contributed by atoms with van der Waals surface area (Å²) in [5.41, 5.74) is 0. The van der Waals surface area contributed by atoms with Gasteiger partial charge in [0.25, 0.3) is 0 Å². The van der Waals surface area contributed by atoms with Gasteiger partial charge in [-0.25, -0.2) is 4.79 Å². The van der Waals surface area contributed by atoms with Crippen molar-refractivity contribution in [2.24, 2.45) is 5.92 Å². The van der Waals surface area contributed by atoms with Crippen molar-refractivity contribution < 1.29 is 19.5 Å². The Morgan fingerprint density at radius 3 is 2.62 bits per heavy atom. The second-order valence-electron chi connectivity index (χ2n) is 5.53. The number of carboxylic acids is 1. The molecule has 21 heavy (non-hydrogen) atoms. The lowest BCUT2D eigenvalue weighted by Crippen LogP contribution is -2.51. The molecule has 0 radical (unpaired) electrons. The van der Waals surface area contributed by atoms with Crippen LogP contribution in [0.1, 0.15) is 46.0 Å². The molecule has 7 heteroatoms. The maximum atomic E-state index is 11.8. The van der Waals surface area contributed by atoms with E-state index in [1.165, 1.54) is 0 Å². The van der Waals surface area contributed by atoms with Crippen molar-refractivity contribution in [3.8, 4) is 0 Å². The van der Waals surface area contributed by atoms with Crippen LogP contribution in [0.25, 0.3) is 0 Å². The highest BCUT2D eigenvalue weighted by molar-refractivity contribution is 5.86. The first kappa shape index (κ1) is 17.3. The Morgan fingerprint density at radius 2 is 2.00 bits per heavy atom. The Bertz CT molecular complexity index is 386. The number of amides is 3. The number of carbonyl (C=O) groups excluding carboxylic acids is 2. The normalized spacial score (nSPS) is 23.0. The number of aliphatic carboxylic acids is 1. The van der Waals surface area contributed by atoms with Crippen molar-refractivity contribution in [3.05, 3.63) is 0 Å². The summed E-state index contributed by atoms with van der Waals surface area (Å²) in [6.07, 6.45) is 3.50. The topological polar surface area (TPSA) is 108 Å². The van der Waals surface area contributed by atoms with Gasteiger partial charge in [0, 0.05) is 12.6 Å². The van der Waals surface area contributed by atoms with Crippen LogP contribution in [-0.2, 0) is 9.59 Å². The quantitative estimate of drug-likeness (QED) is 0.583. The molecule has 3 unspecified atom stereocenters. The Balaban J connectivity index is 2.35. The van der Waals surface area contributed by atoms with Gasteiger partial charge in [0.2, 0.25) is 5.91 Å². The minimum atomic E-state index is -0.811. The summed E-state index contributed by atoms with van der Waals surface area (Å²) in [4.78, 5) is 34.4. The summed E-state index contributed by atoms with van der Waals surface area (Å²) in [5.74, 6) is -1.43. The van der Waals surface area contributed by atoms with Crippen LogP contribution in [0.2, 0.25) is 0 Å². The van der Waals surface area contributed by atoms with Crippen molar-refractivity contribution in [1.29, 1.82) is 0 Å². The zero-order valence-electron chi connectivity index (χ0n) is 12.6. The van der Waals surface area contributed by atoms with Gasteiger partial charge >= 0.3 is 12.0 Å². The Hall–Kier alpha value is -1.79. The molecular formula is C14H25N3O4. The van der Waals surface area contributed by atoms with E-state index in [0.717, 1.165) is 19.3 Å². The molecule has 1 aliphatic rings. The molecule has 3 amide bonds. The molecule has 1 aliphatic carbocycles. The SMILES string of the molecule is CCCNC(=O)C(C)NC(=O)NC1CCCC(C(=O)O)C1. The maximum Gasteiger partial charge on any atom is 0.315 e. The molecule has 0 saturated heterocycles. The van der Waals surface area contributed by atoms with Gasteiger partial charge in [-0.3, -0.25) is 9.59 Å². The van der Waals surface area contributed by atoms with Crippen LogP contribution < -0.4 is 16.0 Å². The van der Waals surface area contributed by atoms with Crippen molar-refractivity contribution in [2.75, 3.05) is 6.54 Å². The van der Waals surface area contributed by atoms with Gasteiger partial charge in [-0.2, -0.15) is 0 Å². The fourth-order valence-corrected chi connectivity index (χ4v) is 2.44. The molecule has 4 N–H and O–H groups in total. The molecule has 3 atom stereocenters. The first-order valence-electron chi connectivity index (χ1n) is 7.51. The molecule has 1 fully saturated rings. The Labute approximate surface area is 124 Å². The molecule has 1 rings (SSSR count). The van der Waals surface area contributed by atoms with Gasteiger partial charge < -0.3 is 21.1 Å². The maximum absolute atomic E-state index is 11.8. The second kappa shape index (κ2) is 8.49. The second-order valence-corrected chi connectivity index (χ2v) is 5.53. The van der Waals surface area contributed by atoms with Gasteiger partial charge in [-0.05, 0) is 32.6 Å². The van der Waals surface area contributed by atoms with Crippen LogP contribution in [0.5, 0.6) is 0 Å². The third-order valence-corrected chi connectivity index (χ3v) is 3.65. The number of urea groups is 1. The molecule has 1 saturated carbocycles. The zero-order chi connectivity index (χ0) is 15.8. The van der Waals surface area contributed by atoms with Crippen molar-refractivity contribution in [1.82, 2.24) is 16.0 Å². The first-order valence-corrected chi connectivity index (χ1v) is 7.51. The molecule has 0 bridgehead atoms. The fraction of sp³-hybridized carbons (Fsp3) is 0.786. The number of nitrogens with one attached hydrogen (secondary N) is 3. The molecule has 0 spiro atoms. The predicted octanol–water partition coefficient (Wildman–Crippen LogP) is 0.844. The van der Waals surface area contributed by atoms with Gasteiger partial charge in [-0.15, -0.1) is 0 Å². The summed E-state index contributed by atoms with van der Waals surface area (Å²) in [6.45, 7) is 4.15. The van der Waals surface area contributed by atoms with E-state index >= 15 is 0 Å². The van der Waals surface area contributed by atoms with Crippen LogP contribution in [0.4, 0.5) is 4.79 Å². The molecule has 0 aromatic heterocycles. The van der Waals surface area contributed by atoms with Crippen molar-refractivity contribution in [2.45, 2.75) is 58.0 Å². The summed E-state index contributed by atoms with van der Waals surface area (Å²) >= 11 is 0. The molecule has 7 nitrogen and oxygen atoms in total. The predicted molar refractivity (Wildman–Crippen MR) is 77.8 cm³/mol. The average molecular weight is 299 g/mol. The molecular weight excluding hydrogens is 274 g/mol. The van der Waals surface area contributed by atoms with E-state index in [0.29, 0.717) is 19.4 Å². The average Bonchev–Trinajstić information content (AvgIpc) is 2.44. The van der Waals surface area contributed by atoms with E-state index in [4.69, 9.17) is 5.11 Å². The first-order chi connectivity index (χ1) is 9.93. The summed E-state index contributed by atoms with van der Waals surface area (Å²) in [6, 6.07) is -1.19. The third-order valence-electron chi connectivity index (χ3n) is 3.65. The molecule has 120 valence electrons. The summed E-state index contributed by atoms with van der Waals surface area (Å²) in [5, 5.41) is 17.0. The zero-order valence-corrected chi connectivity index (χ0v) is 12.6. The van der Waals surface area contributed by atoms with Crippen LogP contribution in [-0.4, -0.2) is 41.6 Å². The standard InChI is InChI=1S/C14H25N3O4/c1-3-7-15-12(18)9(2)16-14(21)17-11-6-4-5-10(8-11)13(19)20/h9-11H,3-8H2,1-2H3,(H,15,18)(H,19,20)(H2,16,17,21). The van der Waals surface area contributed by atoms with Gasteiger partial charge in [0.15, 0.2) is 0 Å². The van der Waals surface area contributed by atoms with Gasteiger partial charge in [0.1, 0.15) is 6.04 Å². The Kier molecular flexibility index (Phi) is 6.98. The minimum absolute atomic E-state index is 0.147. The van der Waals surface area contributed by atoms with E-state index in [1.807, 2.05) is 6.92 Å². The highest BCUT2D eigenvalue weighted by Gasteiger charge is 2.28. The van der Waals surface area contributed by atoms with Crippen LogP contribution in [0.15, 0.2) is 0 Å². The van der Waals surface area contributed by atoms with Crippen molar-refractivity contribution in [3.63, 3.8) is 0 Å². The third kappa shape index (κ3) is 6.01.